The van der Waals surface area contributed by atoms with E-state index in [-0.39, 0.29) is 5.91 Å². The summed E-state index contributed by atoms with van der Waals surface area (Å²) in [6.45, 7) is 2.35. The van der Waals surface area contributed by atoms with E-state index >= 15 is 0 Å². The average molecular weight is 284 g/mol. The van der Waals surface area contributed by atoms with Crippen LogP contribution in [0.2, 0.25) is 0 Å². The molecule has 1 aromatic rings. The lowest BCUT2D eigenvalue weighted by Crippen LogP contribution is -2.13. The third kappa shape index (κ3) is 4.91. The van der Waals surface area contributed by atoms with Gasteiger partial charge in [0.05, 0.1) is 6.54 Å². The summed E-state index contributed by atoms with van der Waals surface area (Å²) in [4.78, 5) is 12.0. The van der Waals surface area contributed by atoms with E-state index in [9.17, 15) is 4.79 Å². The topological polar surface area (TPSA) is 55.1 Å². The van der Waals surface area contributed by atoms with E-state index in [0.717, 1.165) is 29.2 Å². The lowest BCUT2D eigenvalue weighted by molar-refractivity contribution is -0.116. The molecule has 0 aromatic heterocycles. The van der Waals surface area contributed by atoms with Crippen LogP contribution >= 0.6 is 0 Å². The van der Waals surface area contributed by atoms with Gasteiger partial charge in [-0.25, -0.2) is 0 Å². The number of hydrogen-bond acceptors (Lipinski definition) is 2. The molecule has 0 radical (unpaired) electrons. The highest BCUT2D eigenvalue weighted by Crippen LogP contribution is 2.28. The number of benzene rings is 1. The smallest absolute Gasteiger partial charge is 0.224 e. The first kappa shape index (κ1) is 15.6. The van der Waals surface area contributed by atoms with Gasteiger partial charge in [0.25, 0.3) is 0 Å². The van der Waals surface area contributed by atoms with Crippen molar-refractivity contribution in [2.75, 3.05) is 11.9 Å². The van der Waals surface area contributed by atoms with Crippen LogP contribution in [-0.2, 0) is 4.79 Å². The minimum absolute atomic E-state index is 0.100. The zero-order valence-electron chi connectivity index (χ0n) is 12.7. The maximum Gasteiger partial charge on any atom is 0.224 e. The number of nitrogens with two attached hydrogens (primary N) is 1. The SMILES string of the molecule is Cc1ccc(NC(=O)CCC2CCCC2)cc1C#CCN. The fourth-order valence-electron chi connectivity index (χ4n) is 2.84. The molecule has 1 saturated carbocycles. The highest BCUT2D eigenvalue weighted by atomic mass is 16.1. The van der Waals surface area contributed by atoms with Gasteiger partial charge in [-0.1, -0.05) is 43.6 Å². The summed E-state index contributed by atoms with van der Waals surface area (Å²) in [6.07, 6.45) is 6.86. The van der Waals surface area contributed by atoms with Crippen LogP contribution < -0.4 is 11.1 Å². The Morgan fingerprint density at radius 2 is 2.14 bits per heavy atom. The van der Waals surface area contributed by atoms with E-state index in [1.165, 1.54) is 25.7 Å². The molecule has 112 valence electrons. The normalized spacial score (nSPS) is 14.6. The lowest BCUT2D eigenvalue weighted by Gasteiger charge is -2.10. The minimum atomic E-state index is 0.100. The van der Waals surface area contributed by atoms with E-state index < -0.39 is 0 Å². The second kappa shape index (κ2) is 7.85. The first-order chi connectivity index (χ1) is 10.2. The molecule has 3 heteroatoms. The Kier molecular flexibility index (Phi) is 5.83. The molecular weight excluding hydrogens is 260 g/mol. The zero-order chi connectivity index (χ0) is 15.1. The Labute approximate surface area is 127 Å². The highest BCUT2D eigenvalue weighted by Gasteiger charge is 2.16. The Morgan fingerprint density at radius 3 is 2.86 bits per heavy atom. The van der Waals surface area contributed by atoms with Crippen molar-refractivity contribution in [2.24, 2.45) is 11.7 Å². The molecule has 3 N–H and O–H groups in total. The van der Waals surface area contributed by atoms with Crippen molar-refractivity contribution in [2.45, 2.75) is 45.4 Å². The van der Waals surface area contributed by atoms with Gasteiger partial charge in [-0.3, -0.25) is 4.79 Å². The molecule has 1 aliphatic rings. The molecule has 1 fully saturated rings. The molecule has 1 aromatic carbocycles. The van der Waals surface area contributed by atoms with E-state index in [2.05, 4.69) is 17.2 Å². The Morgan fingerprint density at radius 1 is 1.38 bits per heavy atom. The predicted molar refractivity (Wildman–Crippen MR) is 86.9 cm³/mol. The van der Waals surface area contributed by atoms with Crippen molar-refractivity contribution in [1.82, 2.24) is 0 Å². The van der Waals surface area contributed by atoms with E-state index in [1.807, 2.05) is 25.1 Å². The Hall–Kier alpha value is -1.79. The van der Waals surface area contributed by atoms with Gasteiger partial charge in [-0.2, -0.15) is 0 Å². The first-order valence-corrected chi connectivity index (χ1v) is 7.78. The molecule has 1 amide bonds. The van der Waals surface area contributed by atoms with Crippen molar-refractivity contribution >= 4 is 11.6 Å². The van der Waals surface area contributed by atoms with Crippen molar-refractivity contribution in [3.63, 3.8) is 0 Å². The van der Waals surface area contributed by atoms with Crippen LogP contribution in [-0.4, -0.2) is 12.5 Å². The van der Waals surface area contributed by atoms with Crippen molar-refractivity contribution in [1.29, 1.82) is 0 Å². The third-order valence-corrected chi connectivity index (χ3v) is 4.10. The quantitative estimate of drug-likeness (QED) is 0.834. The molecule has 2 rings (SSSR count). The van der Waals surface area contributed by atoms with Crippen molar-refractivity contribution in [3.05, 3.63) is 29.3 Å². The molecule has 0 bridgehead atoms. The van der Waals surface area contributed by atoms with Crippen LogP contribution in [0.15, 0.2) is 18.2 Å². The summed E-state index contributed by atoms with van der Waals surface area (Å²) in [5, 5.41) is 2.97. The van der Waals surface area contributed by atoms with Gasteiger partial charge in [-0.05, 0) is 37.0 Å². The summed E-state index contributed by atoms with van der Waals surface area (Å²) in [5.74, 6) is 6.74. The summed E-state index contributed by atoms with van der Waals surface area (Å²) >= 11 is 0. The monoisotopic (exact) mass is 284 g/mol. The highest BCUT2D eigenvalue weighted by molar-refractivity contribution is 5.90. The summed E-state index contributed by atoms with van der Waals surface area (Å²) in [7, 11) is 0. The number of carbonyl (C=O) groups is 1. The summed E-state index contributed by atoms with van der Waals surface area (Å²) < 4.78 is 0. The molecule has 0 saturated heterocycles. The number of amides is 1. The van der Waals surface area contributed by atoms with Crippen LogP contribution in [0.1, 0.15) is 49.7 Å². The van der Waals surface area contributed by atoms with Gasteiger partial charge < -0.3 is 11.1 Å². The largest absolute Gasteiger partial charge is 0.326 e. The molecule has 0 heterocycles. The molecule has 0 aliphatic heterocycles. The average Bonchev–Trinajstić information content (AvgIpc) is 2.99. The number of aryl methyl sites for hydroxylation is 1. The summed E-state index contributed by atoms with van der Waals surface area (Å²) in [5.41, 5.74) is 8.24. The number of anilines is 1. The second-order valence-electron chi connectivity index (χ2n) is 5.77. The number of nitrogens with one attached hydrogen (secondary N) is 1. The molecule has 21 heavy (non-hydrogen) atoms. The summed E-state index contributed by atoms with van der Waals surface area (Å²) in [6, 6.07) is 5.83. The molecule has 0 unspecified atom stereocenters. The predicted octanol–water partition coefficient (Wildman–Crippen LogP) is 3.21. The van der Waals surface area contributed by atoms with Gasteiger partial charge in [0.2, 0.25) is 5.91 Å². The number of hydrogen-bond donors (Lipinski definition) is 2. The fourth-order valence-corrected chi connectivity index (χ4v) is 2.84. The molecule has 3 nitrogen and oxygen atoms in total. The fraction of sp³-hybridized carbons (Fsp3) is 0.500. The van der Waals surface area contributed by atoms with Crippen molar-refractivity contribution in [3.8, 4) is 11.8 Å². The standard InChI is InChI=1S/C18H24N2O/c1-14-8-10-17(13-16(14)7-4-12-19)20-18(21)11-9-15-5-2-3-6-15/h8,10,13,15H,2-3,5-6,9,11-12,19H2,1H3,(H,20,21). The van der Waals surface area contributed by atoms with Crippen LogP contribution in [0, 0.1) is 24.7 Å². The maximum absolute atomic E-state index is 12.0. The minimum Gasteiger partial charge on any atom is -0.326 e. The van der Waals surface area contributed by atoms with E-state index in [0.29, 0.717) is 13.0 Å². The second-order valence-corrected chi connectivity index (χ2v) is 5.77. The molecule has 0 atom stereocenters. The molecule has 1 aliphatic carbocycles. The maximum atomic E-state index is 12.0. The number of carbonyl (C=O) groups excluding carboxylic acids is 1. The van der Waals surface area contributed by atoms with Gasteiger partial charge in [0, 0.05) is 17.7 Å². The van der Waals surface area contributed by atoms with E-state index in [1.54, 1.807) is 0 Å². The van der Waals surface area contributed by atoms with Crippen LogP contribution in [0.25, 0.3) is 0 Å². The first-order valence-electron chi connectivity index (χ1n) is 7.78. The van der Waals surface area contributed by atoms with Gasteiger partial charge in [0.15, 0.2) is 0 Å². The van der Waals surface area contributed by atoms with Crippen LogP contribution in [0.5, 0.6) is 0 Å². The molecular formula is C18H24N2O. The molecule has 0 spiro atoms. The number of rotatable bonds is 4. The Balaban J connectivity index is 1.90. The van der Waals surface area contributed by atoms with Crippen LogP contribution in [0.3, 0.4) is 0 Å². The van der Waals surface area contributed by atoms with Gasteiger partial charge >= 0.3 is 0 Å². The zero-order valence-corrected chi connectivity index (χ0v) is 12.7. The lowest BCUT2D eigenvalue weighted by atomic mass is 10.0. The van der Waals surface area contributed by atoms with Crippen LogP contribution in [0.4, 0.5) is 5.69 Å². The van der Waals surface area contributed by atoms with Gasteiger partial charge in [0.1, 0.15) is 0 Å². The van der Waals surface area contributed by atoms with E-state index in [4.69, 9.17) is 5.73 Å². The van der Waals surface area contributed by atoms with Crippen molar-refractivity contribution < 1.29 is 4.79 Å². The third-order valence-electron chi connectivity index (χ3n) is 4.10. The Bertz CT molecular complexity index is 548. The van der Waals surface area contributed by atoms with Gasteiger partial charge in [-0.15, -0.1) is 0 Å².